The second-order valence-corrected chi connectivity index (χ2v) is 17.1. The van der Waals surface area contributed by atoms with Crippen molar-refractivity contribution in [1.82, 2.24) is 0 Å². The zero-order chi connectivity index (χ0) is 49.8. The van der Waals surface area contributed by atoms with Gasteiger partial charge in [0.05, 0.1) is 46.1 Å². The number of benzene rings is 5. The van der Waals surface area contributed by atoms with Crippen molar-refractivity contribution in [2.24, 2.45) is 20.5 Å². The lowest BCUT2D eigenvalue weighted by atomic mass is 10.1. The van der Waals surface area contributed by atoms with Gasteiger partial charge in [0, 0.05) is 28.6 Å². The number of carbonyl (C=O) groups excluding carboxylic acids is 6. The number of nitrogens with zero attached hydrogens (tertiary/aromatic N) is 4. The number of hydrogen-bond acceptors (Lipinski definition) is 12. The average Bonchev–Trinajstić information content (AvgIpc) is 3.30. The number of carbonyl (C=O) groups is 6. The summed E-state index contributed by atoms with van der Waals surface area (Å²) in [5.41, 5.74) is 2.82. The Morgan fingerprint density at radius 1 is 0.574 bits per heavy atom. The molecule has 5 rings (SSSR count). The summed E-state index contributed by atoms with van der Waals surface area (Å²) >= 11 is 32.1. The molecule has 0 aromatic heterocycles. The molecule has 4 unspecified atom stereocenters. The van der Waals surface area contributed by atoms with Gasteiger partial charge in [-0.1, -0.05) is 35.3 Å². The van der Waals surface area contributed by atoms with E-state index in [9.17, 15) is 28.8 Å². The number of hydrogen-bond donors (Lipinski definition) is 4. The first-order chi connectivity index (χ1) is 32.4. The number of halogens is 5. The zero-order valence-corrected chi connectivity index (χ0v) is 40.9. The highest BCUT2D eigenvalue weighted by Gasteiger charge is 2.27. The van der Waals surface area contributed by atoms with Gasteiger partial charge in [-0.3, -0.25) is 28.8 Å². The Morgan fingerprint density at radius 2 is 1.00 bits per heavy atom. The number of alkyl halides is 3. The van der Waals surface area contributed by atoms with Crippen LogP contribution in [0.1, 0.15) is 75.9 Å². The lowest BCUT2D eigenvalue weighted by Gasteiger charge is -2.15. The maximum absolute atomic E-state index is 13.5. The second-order valence-electron chi connectivity index (χ2n) is 14.8. The highest BCUT2D eigenvalue weighted by atomic mass is 35.5. The summed E-state index contributed by atoms with van der Waals surface area (Å²) in [5, 5.41) is 25.7. The highest BCUT2D eigenvalue weighted by Crippen LogP contribution is 2.36. The van der Waals surface area contributed by atoms with Crippen molar-refractivity contribution in [2.75, 3.05) is 35.5 Å². The molecule has 0 aliphatic carbocycles. The third-order valence-electron chi connectivity index (χ3n) is 9.92. The van der Waals surface area contributed by atoms with Crippen molar-refractivity contribution in [3.05, 3.63) is 129 Å². The van der Waals surface area contributed by atoms with Crippen LogP contribution < -0.4 is 30.7 Å². The quantitative estimate of drug-likeness (QED) is 0.0353. The molecule has 0 heterocycles. The maximum Gasteiger partial charge on any atom is 0.258 e. The van der Waals surface area contributed by atoms with Crippen LogP contribution in [0.5, 0.6) is 11.5 Å². The third-order valence-corrected chi connectivity index (χ3v) is 11.5. The largest absolute Gasteiger partial charge is 0.497 e. The molecule has 0 saturated heterocycles. The maximum atomic E-state index is 13.5. The summed E-state index contributed by atoms with van der Waals surface area (Å²) in [5.74, 6) is -3.28. The molecule has 4 atom stereocenters. The zero-order valence-electron chi connectivity index (χ0n) is 37.1. The van der Waals surface area contributed by atoms with Gasteiger partial charge in [0.2, 0.25) is 12.1 Å². The molecule has 0 fully saturated rings. The monoisotopic (exact) mass is 1020 g/mol. The van der Waals surface area contributed by atoms with Crippen molar-refractivity contribution in [3.8, 4) is 11.5 Å². The number of ether oxygens (including phenoxy) is 2. The Morgan fingerprint density at radius 3 is 1.40 bits per heavy atom. The molecule has 68 heavy (non-hydrogen) atoms. The Balaban J connectivity index is 1.27. The molecule has 0 saturated carbocycles. The smallest absolute Gasteiger partial charge is 0.258 e. The van der Waals surface area contributed by atoms with E-state index in [2.05, 4.69) is 41.7 Å². The van der Waals surface area contributed by atoms with Gasteiger partial charge in [-0.05, 0) is 123 Å². The van der Waals surface area contributed by atoms with E-state index in [1.807, 2.05) is 0 Å². The number of anilines is 4. The first-order valence-electron chi connectivity index (χ1n) is 20.3. The van der Waals surface area contributed by atoms with Gasteiger partial charge in [-0.25, -0.2) is 0 Å². The van der Waals surface area contributed by atoms with Crippen LogP contribution in [0.4, 0.5) is 34.1 Å². The number of methoxy groups -OCH3 is 2. The van der Waals surface area contributed by atoms with Gasteiger partial charge in [0.15, 0.2) is 11.6 Å². The van der Waals surface area contributed by atoms with E-state index in [1.54, 1.807) is 50.2 Å². The molecule has 0 bridgehead atoms. The summed E-state index contributed by atoms with van der Waals surface area (Å²) in [7, 11) is 3.02. The normalized spacial score (nSPS) is 13.0. The van der Waals surface area contributed by atoms with Crippen LogP contribution in [-0.2, 0) is 25.1 Å². The Bertz CT molecular complexity index is 2820. The minimum absolute atomic E-state index is 0.00460. The number of amides is 4. The van der Waals surface area contributed by atoms with Crippen LogP contribution in [0.2, 0.25) is 10.0 Å². The molecule has 0 aliphatic rings. The topological polar surface area (TPSA) is 218 Å². The SMILES string of the molecule is COc1ccc(NC(=O)c2cccc(N=NC(C(C)=O)C(=O)Nc3ccc(NC(=O)C(N=Nc4cccc(C(=O)Nc5ccc(OC)cc5C(C)Cl)c4Cl)C(C)=O)c(CCl)c3)c2Cl)c(C(C)Cl)c1. The fraction of sp³-hybridized carbons (Fsp3) is 0.234. The van der Waals surface area contributed by atoms with E-state index >= 15 is 0 Å². The number of ketones is 2. The van der Waals surface area contributed by atoms with Crippen LogP contribution in [0.25, 0.3) is 0 Å². The Labute approximate surface area is 416 Å². The van der Waals surface area contributed by atoms with Crippen molar-refractivity contribution in [3.63, 3.8) is 0 Å². The van der Waals surface area contributed by atoms with Crippen molar-refractivity contribution < 1.29 is 38.2 Å². The van der Waals surface area contributed by atoms with Crippen LogP contribution in [0, 0.1) is 0 Å². The van der Waals surface area contributed by atoms with E-state index in [1.165, 1.54) is 68.8 Å². The summed E-state index contributed by atoms with van der Waals surface area (Å²) in [6.07, 6.45) is 0. The van der Waals surface area contributed by atoms with Crippen LogP contribution in [0.15, 0.2) is 111 Å². The van der Waals surface area contributed by atoms with Crippen LogP contribution in [-0.4, -0.2) is 61.5 Å². The predicted molar refractivity (Wildman–Crippen MR) is 265 cm³/mol. The predicted octanol–water partition coefficient (Wildman–Crippen LogP) is 12.2. The molecular formula is C47H43Cl5N8O8. The van der Waals surface area contributed by atoms with Gasteiger partial charge >= 0.3 is 0 Å². The molecule has 354 valence electrons. The molecule has 21 heteroatoms. The average molecular weight is 1030 g/mol. The third kappa shape index (κ3) is 13.2. The molecular weight excluding hydrogens is 982 g/mol. The van der Waals surface area contributed by atoms with E-state index in [4.69, 9.17) is 67.5 Å². The number of azo groups is 2. The molecule has 5 aromatic carbocycles. The van der Waals surface area contributed by atoms with Crippen molar-refractivity contribution in [1.29, 1.82) is 0 Å². The second kappa shape index (κ2) is 24.0. The standard InChI is InChI=1S/C47H43Cl5N8O8/c1-23(49)33-20-29(67-5)14-17-36(33)55-44(63)31-9-7-11-38(40(31)51)57-59-42(25(3)61)46(65)53-28-13-16-35(27(19-28)22-48)54-47(66)43(26(4)62)60-58-39-12-8-10-32(41(39)52)45(64)56-37-18-15-30(68-6)21-34(37)24(2)50/h7-21,23-24,42-43H,22H2,1-6H3,(H,53,65)(H,54,66)(H,55,63)(H,56,64). The molecule has 0 aliphatic heterocycles. The van der Waals surface area contributed by atoms with E-state index in [0.717, 1.165) is 13.8 Å². The number of Topliss-reactive ketones (excluding diaryl/α,β-unsaturated/α-hetero) is 2. The Hall–Kier alpha value is -6.43. The first-order valence-corrected chi connectivity index (χ1v) is 22.5. The van der Waals surface area contributed by atoms with E-state index in [0.29, 0.717) is 39.6 Å². The fourth-order valence-electron chi connectivity index (χ4n) is 6.34. The lowest BCUT2D eigenvalue weighted by molar-refractivity contribution is -0.127. The van der Waals surface area contributed by atoms with Crippen molar-refractivity contribution in [2.45, 2.75) is 56.4 Å². The van der Waals surface area contributed by atoms with Gasteiger partial charge in [-0.15, -0.1) is 34.8 Å². The van der Waals surface area contributed by atoms with Gasteiger partial charge < -0.3 is 30.7 Å². The summed E-state index contributed by atoms with van der Waals surface area (Å²) in [6, 6.07) is 19.8. The molecule has 0 radical (unpaired) electrons. The highest BCUT2D eigenvalue weighted by molar-refractivity contribution is 6.37. The lowest BCUT2D eigenvalue weighted by Crippen LogP contribution is -2.32. The summed E-state index contributed by atoms with van der Waals surface area (Å²) < 4.78 is 10.5. The van der Waals surface area contributed by atoms with E-state index in [-0.39, 0.29) is 49.8 Å². The molecule has 0 spiro atoms. The first kappa shape index (κ1) is 52.5. The van der Waals surface area contributed by atoms with Gasteiger partial charge in [0.1, 0.15) is 22.9 Å². The van der Waals surface area contributed by atoms with Crippen LogP contribution in [0.3, 0.4) is 0 Å². The molecule has 5 aromatic rings. The minimum Gasteiger partial charge on any atom is -0.497 e. The molecule has 4 amide bonds. The summed E-state index contributed by atoms with van der Waals surface area (Å²) in [4.78, 5) is 78.9. The summed E-state index contributed by atoms with van der Waals surface area (Å²) in [6.45, 7) is 5.78. The van der Waals surface area contributed by atoms with Crippen molar-refractivity contribution >= 4 is 127 Å². The number of rotatable bonds is 19. The van der Waals surface area contributed by atoms with E-state index < -0.39 is 58.0 Å². The van der Waals surface area contributed by atoms with Gasteiger partial charge in [-0.2, -0.15) is 20.5 Å². The van der Waals surface area contributed by atoms with Gasteiger partial charge in [0.25, 0.3) is 23.6 Å². The van der Waals surface area contributed by atoms with Crippen LogP contribution >= 0.6 is 58.0 Å². The molecule has 16 nitrogen and oxygen atoms in total. The Kier molecular flexibility index (Phi) is 18.6. The fourth-order valence-corrected chi connectivity index (χ4v) is 7.42. The number of nitrogens with one attached hydrogen (secondary N) is 4. The minimum atomic E-state index is -1.65. The molecule has 4 N–H and O–H groups in total.